The third kappa shape index (κ3) is 4.10. The van der Waals surface area contributed by atoms with E-state index in [1.807, 2.05) is 6.92 Å². The fraction of sp³-hybridized carbons (Fsp3) is 0.455. The highest BCUT2D eigenvalue weighted by Crippen LogP contribution is 2.30. The second-order valence-corrected chi connectivity index (χ2v) is 6.11. The molecule has 1 unspecified atom stereocenters. The highest BCUT2D eigenvalue weighted by molar-refractivity contribution is 7.92. The smallest absolute Gasteiger partial charge is 0.385 e. The minimum atomic E-state index is -5.28. The Balaban J connectivity index is 2.78. The van der Waals surface area contributed by atoms with Crippen LogP contribution in [0.1, 0.15) is 13.3 Å². The van der Waals surface area contributed by atoms with Gasteiger partial charge in [-0.25, -0.2) is 8.42 Å². The Bertz CT molecular complexity index is 510. The van der Waals surface area contributed by atoms with E-state index in [4.69, 9.17) is 5.73 Å². The van der Waals surface area contributed by atoms with Crippen molar-refractivity contribution >= 4 is 15.5 Å². The van der Waals surface area contributed by atoms with Crippen molar-refractivity contribution in [1.29, 1.82) is 0 Å². The Kier molecular flexibility index (Phi) is 4.81. The number of benzene rings is 1. The first-order valence-corrected chi connectivity index (χ1v) is 7.04. The third-order valence-electron chi connectivity index (χ3n) is 2.40. The standard InChI is InChI=1S/C11H15F3N2O2S/c1-8(15)6-7-16-9-2-4-10(5-3-9)19(17,18)11(12,13)14/h2-5,8,16H,6-7,15H2,1H3. The summed E-state index contributed by atoms with van der Waals surface area (Å²) < 4.78 is 59.1. The highest BCUT2D eigenvalue weighted by atomic mass is 32.2. The molecule has 4 nitrogen and oxygen atoms in total. The third-order valence-corrected chi connectivity index (χ3v) is 3.90. The summed E-state index contributed by atoms with van der Waals surface area (Å²) in [4.78, 5) is -0.766. The lowest BCUT2D eigenvalue weighted by molar-refractivity contribution is -0.0436. The van der Waals surface area contributed by atoms with Gasteiger partial charge in [-0.2, -0.15) is 13.2 Å². The number of rotatable bonds is 5. The minimum Gasteiger partial charge on any atom is -0.385 e. The Morgan fingerprint density at radius 3 is 2.21 bits per heavy atom. The quantitative estimate of drug-likeness (QED) is 0.873. The van der Waals surface area contributed by atoms with Crippen LogP contribution < -0.4 is 11.1 Å². The molecular formula is C11H15F3N2O2S. The Labute approximate surface area is 109 Å². The summed E-state index contributed by atoms with van der Waals surface area (Å²) in [6, 6.07) is 4.45. The van der Waals surface area contributed by atoms with E-state index in [1.165, 1.54) is 12.1 Å². The lowest BCUT2D eigenvalue weighted by Crippen LogP contribution is -2.23. The molecule has 1 aromatic rings. The molecule has 1 rings (SSSR count). The van der Waals surface area contributed by atoms with Crippen molar-refractivity contribution in [3.05, 3.63) is 24.3 Å². The van der Waals surface area contributed by atoms with Crippen molar-refractivity contribution in [3.63, 3.8) is 0 Å². The van der Waals surface area contributed by atoms with Gasteiger partial charge in [0.1, 0.15) is 0 Å². The number of halogens is 3. The highest BCUT2D eigenvalue weighted by Gasteiger charge is 2.46. The van der Waals surface area contributed by atoms with Crippen molar-refractivity contribution < 1.29 is 21.6 Å². The van der Waals surface area contributed by atoms with Crippen molar-refractivity contribution in [2.75, 3.05) is 11.9 Å². The molecule has 0 radical (unpaired) electrons. The lowest BCUT2D eigenvalue weighted by Gasteiger charge is -2.10. The predicted molar refractivity (Wildman–Crippen MR) is 66.4 cm³/mol. The maximum atomic E-state index is 12.3. The average molecular weight is 296 g/mol. The summed E-state index contributed by atoms with van der Waals surface area (Å²) in [5.41, 5.74) is 0.804. The number of alkyl halides is 3. The predicted octanol–water partition coefficient (Wildman–Crippen LogP) is 2.13. The largest absolute Gasteiger partial charge is 0.501 e. The first kappa shape index (κ1) is 15.8. The van der Waals surface area contributed by atoms with Crippen molar-refractivity contribution in [3.8, 4) is 0 Å². The molecule has 0 fully saturated rings. The molecule has 0 aliphatic carbocycles. The van der Waals surface area contributed by atoms with Gasteiger partial charge in [-0.3, -0.25) is 0 Å². The van der Waals surface area contributed by atoms with Gasteiger partial charge >= 0.3 is 5.51 Å². The number of hydrogen-bond acceptors (Lipinski definition) is 4. The summed E-state index contributed by atoms with van der Waals surface area (Å²) in [6.07, 6.45) is 0.697. The molecule has 1 atom stereocenters. The molecule has 8 heteroatoms. The van der Waals surface area contributed by atoms with E-state index in [0.717, 1.165) is 12.1 Å². The Morgan fingerprint density at radius 1 is 1.26 bits per heavy atom. The maximum absolute atomic E-state index is 12.3. The van der Waals surface area contributed by atoms with Crippen molar-refractivity contribution in [2.45, 2.75) is 29.8 Å². The van der Waals surface area contributed by atoms with E-state index in [1.54, 1.807) is 0 Å². The van der Waals surface area contributed by atoms with E-state index in [-0.39, 0.29) is 6.04 Å². The first-order valence-electron chi connectivity index (χ1n) is 5.55. The monoisotopic (exact) mass is 296 g/mol. The Hall–Kier alpha value is -1.28. The van der Waals surface area contributed by atoms with Crippen LogP contribution in [-0.2, 0) is 9.84 Å². The van der Waals surface area contributed by atoms with Gasteiger partial charge in [-0.1, -0.05) is 0 Å². The second kappa shape index (κ2) is 5.79. The van der Waals surface area contributed by atoms with Crippen LogP contribution in [0.2, 0.25) is 0 Å². The fourth-order valence-electron chi connectivity index (χ4n) is 1.33. The zero-order valence-electron chi connectivity index (χ0n) is 10.2. The first-order chi connectivity index (χ1) is 8.64. The zero-order chi connectivity index (χ0) is 14.7. The van der Waals surface area contributed by atoms with Crippen molar-refractivity contribution in [2.24, 2.45) is 5.73 Å². The van der Waals surface area contributed by atoms with E-state index in [2.05, 4.69) is 5.32 Å². The normalized spacial score (nSPS) is 14.2. The molecule has 0 bridgehead atoms. The van der Waals surface area contributed by atoms with Crippen LogP contribution in [0.5, 0.6) is 0 Å². The summed E-state index contributed by atoms with van der Waals surface area (Å²) >= 11 is 0. The van der Waals surface area contributed by atoms with Gasteiger partial charge in [0.25, 0.3) is 9.84 Å². The van der Waals surface area contributed by atoms with Gasteiger partial charge in [0.2, 0.25) is 0 Å². The molecule has 0 saturated carbocycles. The molecule has 0 aliphatic rings. The van der Waals surface area contributed by atoms with E-state index in [0.29, 0.717) is 18.7 Å². The molecule has 0 heterocycles. The zero-order valence-corrected chi connectivity index (χ0v) is 11.1. The van der Waals surface area contributed by atoms with Crippen LogP contribution >= 0.6 is 0 Å². The maximum Gasteiger partial charge on any atom is 0.501 e. The van der Waals surface area contributed by atoms with E-state index < -0.39 is 20.2 Å². The summed E-state index contributed by atoms with van der Waals surface area (Å²) in [6.45, 7) is 2.39. The van der Waals surface area contributed by atoms with Gasteiger partial charge in [0.05, 0.1) is 4.90 Å². The summed E-state index contributed by atoms with van der Waals surface area (Å²) in [5.74, 6) is 0. The average Bonchev–Trinajstić information content (AvgIpc) is 2.27. The van der Waals surface area contributed by atoms with Gasteiger partial charge in [0.15, 0.2) is 0 Å². The second-order valence-electron chi connectivity index (χ2n) is 4.17. The topological polar surface area (TPSA) is 72.2 Å². The molecule has 0 aromatic heterocycles. The SMILES string of the molecule is CC(N)CCNc1ccc(S(=O)(=O)C(F)(F)F)cc1. The van der Waals surface area contributed by atoms with Crippen LogP contribution in [-0.4, -0.2) is 26.5 Å². The number of nitrogens with one attached hydrogen (secondary N) is 1. The van der Waals surface area contributed by atoms with Crippen LogP contribution in [0, 0.1) is 0 Å². The molecule has 0 amide bonds. The summed E-state index contributed by atoms with van der Waals surface area (Å²) in [7, 11) is -5.27. The van der Waals surface area contributed by atoms with Gasteiger partial charge in [-0.05, 0) is 37.6 Å². The minimum absolute atomic E-state index is 0.0115. The van der Waals surface area contributed by atoms with Gasteiger partial charge in [-0.15, -0.1) is 0 Å². The molecule has 1 aromatic carbocycles. The van der Waals surface area contributed by atoms with Crippen molar-refractivity contribution in [1.82, 2.24) is 0 Å². The molecule has 108 valence electrons. The van der Waals surface area contributed by atoms with Crippen LogP contribution in [0.25, 0.3) is 0 Å². The van der Waals surface area contributed by atoms with Crippen LogP contribution in [0.15, 0.2) is 29.2 Å². The molecular weight excluding hydrogens is 281 g/mol. The van der Waals surface area contributed by atoms with Gasteiger partial charge < -0.3 is 11.1 Å². The number of hydrogen-bond donors (Lipinski definition) is 2. The van der Waals surface area contributed by atoms with Crippen LogP contribution in [0.3, 0.4) is 0 Å². The molecule has 0 aliphatic heterocycles. The lowest BCUT2D eigenvalue weighted by atomic mass is 10.2. The molecule has 0 saturated heterocycles. The van der Waals surface area contributed by atoms with Gasteiger partial charge in [0, 0.05) is 18.3 Å². The van der Waals surface area contributed by atoms with E-state index >= 15 is 0 Å². The Morgan fingerprint density at radius 2 is 1.79 bits per heavy atom. The van der Waals surface area contributed by atoms with Crippen LogP contribution in [0.4, 0.5) is 18.9 Å². The number of anilines is 1. The molecule has 0 spiro atoms. The number of sulfone groups is 1. The summed E-state index contributed by atoms with van der Waals surface area (Å²) in [5, 5.41) is 2.94. The van der Waals surface area contributed by atoms with E-state index in [9.17, 15) is 21.6 Å². The fourth-order valence-corrected chi connectivity index (χ4v) is 2.09. The molecule has 19 heavy (non-hydrogen) atoms. The molecule has 3 N–H and O–H groups in total. The number of nitrogens with two attached hydrogens (primary N) is 1.